The molecule has 0 saturated carbocycles. The zero-order chi connectivity index (χ0) is 13.8. The second-order valence-corrected chi connectivity index (χ2v) is 5.81. The minimum absolute atomic E-state index is 0.103. The molecule has 1 aromatic rings. The predicted molar refractivity (Wildman–Crippen MR) is 73.2 cm³/mol. The van der Waals surface area contributed by atoms with Gasteiger partial charge in [0.05, 0.1) is 18.0 Å². The first-order valence-corrected chi connectivity index (χ1v) is 7.08. The molecule has 0 spiro atoms. The second-order valence-electron chi connectivity index (χ2n) is 5.81. The van der Waals surface area contributed by atoms with Gasteiger partial charge in [0.15, 0.2) is 0 Å². The van der Waals surface area contributed by atoms with Crippen LogP contribution in [0.1, 0.15) is 38.5 Å². The number of hydrogen-bond acceptors (Lipinski definition) is 3. The molecule has 2 atom stereocenters. The van der Waals surface area contributed by atoms with Crippen molar-refractivity contribution in [2.45, 2.75) is 32.8 Å². The van der Waals surface area contributed by atoms with Gasteiger partial charge in [-0.05, 0) is 44.0 Å². The summed E-state index contributed by atoms with van der Waals surface area (Å²) in [6.45, 7) is 7.39. The molecule has 3 nitrogen and oxygen atoms in total. The Hall–Kier alpha value is -1.00. The van der Waals surface area contributed by atoms with Crippen LogP contribution >= 0.6 is 0 Å². The smallest absolute Gasteiger partial charge is 0.141 e. The Morgan fingerprint density at radius 1 is 1.42 bits per heavy atom. The lowest BCUT2D eigenvalue weighted by molar-refractivity contribution is 0.0736. The molecule has 1 N–H and O–H groups in total. The van der Waals surface area contributed by atoms with Crippen LogP contribution in [0.2, 0.25) is 0 Å². The molecule has 2 unspecified atom stereocenters. The predicted octanol–water partition coefficient (Wildman–Crippen LogP) is 2.62. The first-order valence-electron chi connectivity index (χ1n) is 7.08. The van der Waals surface area contributed by atoms with Crippen LogP contribution in [-0.2, 0) is 0 Å². The lowest BCUT2D eigenvalue weighted by Gasteiger charge is -2.33. The van der Waals surface area contributed by atoms with E-state index in [4.69, 9.17) is 0 Å². The number of halogens is 1. The Kier molecular flexibility index (Phi) is 4.88. The molecular formula is C15H23FN2O. The maximum absolute atomic E-state index is 12.8. The van der Waals surface area contributed by atoms with Crippen molar-refractivity contribution in [3.63, 3.8) is 0 Å². The normalized spacial score (nSPS) is 21.3. The van der Waals surface area contributed by atoms with E-state index in [1.54, 1.807) is 6.07 Å². The average molecular weight is 266 g/mol. The molecule has 4 heteroatoms. The van der Waals surface area contributed by atoms with Crippen molar-refractivity contribution in [2.24, 2.45) is 11.8 Å². The first kappa shape index (κ1) is 14.4. The number of hydrogen-bond donors (Lipinski definition) is 1. The highest BCUT2D eigenvalue weighted by Crippen LogP contribution is 2.23. The van der Waals surface area contributed by atoms with Gasteiger partial charge in [-0.1, -0.05) is 13.8 Å². The van der Waals surface area contributed by atoms with Crippen LogP contribution < -0.4 is 0 Å². The molecule has 1 aliphatic heterocycles. The lowest BCUT2D eigenvalue weighted by atomic mass is 9.96. The van der Waals surface area contributed by atoms with Gasteiger partial charge >= 0.3 is 0 Å². The lowest BCUT2D eigenvalue weighted by Crippen LogP contribution is -2.37. The molecule has 1 aliphatic rings. The Morgan fingerprint density at radius 2 is 2.11 bits per heavy atom. The van der Waals surface area contributed by atoms with Crippen LogP contribution in [0, 0.1) is 17.7 Å². The largest absolute Gasteiger partial charge is 0.386 e. The van der Waals surface area contributed by atoms with E-state index >= 15 is 0 Å². The maximum atomic E-state index is 12.8. The molecule has 106 valence electrons. The van der Waals surface area contributed by atoms with Crippen molar-refractivity contribution < 1.29 is 9.50 Å². The van der Waals surface area contributed by atoms with Crippen LogP contribution in [0.25, 0.3) is 0 Å². The van der Waals surface area contributed by atoms with E-state index in [0.717, 1.165) is 31.7 Å². The molecule has 2 heterocycles. The zero-order valence-corrected chi connectivity index (χ0v) is 11.7. The third-order valence-electron chi connectivity index (χ3n) is 4.01. The third kappa shape index (κ3) is 3.98. The number of pyridine rings is 1. The first-order chi connectivity index (χ1) is 9.06. The van der Waals surface area contributed by atoms with Crippen molar-refractivity contribution in [1.82, 2.24) is 9.88 Å². The SMILES string of the molecule is CC1CCN(CC(C)C(O)c2ccc(F)cn2)CC1. The number of aliphatic hydroxyl groups excluding tert-OH is 1. The van der Waals surface area contributed by atoms with Gasteiger partial charge in [0.2, 0.25) is 0 Å². The molecule has 1 saturated heterocycles. The number of aliphatic hydroxyl groups is 1. The molecule has 1 aromatic heterocycles. The Balaban J connectivity index is 1.88. The van der Waals surface area contributed by atoms with Crippen LogP contribution in [0.4, 0.5) is 4.39 Å². The molecular weight excluding hydrogens is 243 g/mol. The standard InChI is InChI=1S/C15H23FN2O/c1-11-5-7-18(8-6-11)10-12(2)15(19)14-4-3-13(16)9-17-14/h3-4,9,11-12,15,19H,5-8,10H2,1-2H3. The number of aromatic nitrogens is 1. The summed E-state index contributed by atoms with van der Waals surface area (Å²) in [7, 11) is 0. The van der Waals surface area contributed by atoms with Crippen molar-refractivity contribution in [1.29, 1.82) is 0 Å². The van der Waals surface area contributed by atoms with E-state index in [2.05, 4.69) is 16.8 Å². The second kappa shape index (κ2) is 6.44. The minimum Gasteiger partial charge on any atom is -0.386 e. The van der Waals surface area contributed by atoms with E-state index in [1.165, 1.54) is 18.9 Å². The highest BCUT2D eigenvalue weighted by Gasteiger charge is 2.23. The van der Waals surface area contributed by atoms with Crippen LogP contribution in [-0.4, -0.2) is 34.6 Å². The summed E-state index contributed by atoms with van der Waals surface area (Å²) in [5, 5.41) is 10.3. The maximum Gasteiger partial charge on any atom is 0.141 e. The molecule has 1 fully saturated rings. The number of likely N-dealkylation sites (tertiary alicyclic amines) is 1. The fourth-order valence-corrected chi connectivity index (χ4v) is 2.61. The molecule has 0 amide bonds. The van der Waals surface area contributed by atoms with Crippen LogP contribution in [0.5, 0.6) is 0 Å². The summed E-state index contributed by atoms with van der Waals surface area (Å²) in [6, 6.07) is 2.91. The van der Waals surface area contributed by atoms with Gasteiger partial charge in [-0.2, -0.15) is 0 Å². The van der Waals surface area contributed by atoms with Crippen LogP contribution in [0.15, 0.2) is 18.3 Å². The third-order valence-corrected chi connectivity index (χ3v) is 4.01. The topological polar surface area (TPSA) is 36.4 Å². The summed E-state index contributed by atoms with van der Waals surface area (Å²) in [6.07, 6.45) is 3.00. The highest BCUT2D eigenvalue weighted by atomic mass is 19.1. The molecule has 0 aromatic carbocycles. The van der Waals surface area contributed by atoms with Gasteiger partial charge < -0.3 is 10.0 Å². The number of piperidine rings is 1. The van der Waals surface area contributed by atoms with E-state index < -0.39 is 6.10 Å². The van der Waals surface area contributed by atoms with E-state index in [0.29, 0.717) is 5.69 Å². The van der Waals surface area contributed by atoms with E-state index in [9.17, 15) is 9.50 Å². The number of rotatable bonds is 4. The van der Waals surface area contributed by atoms with Gasteiger partial charge in [-0.25, -0.2) is 4.39 Å². The quantitative estimate of drug-likeness (QED) is 0.910. The van der Waals surface area contributed by atoms with Crippen molar-refractivity contribution in [3.05, 3.63) is 29.8 Å². The zero-order valence-electron chi connectivity index (χ0n) is 11.7. The summed E-state index contributed by atoms with van der Waals surface area (Å²) in [5.74, 6) is 0.551. The summed E-state index contributed by atoms with van der Waals surface area (Å²) in [4.78, 5) is 6.36. The molecule has 0 aliphatic carbocycles. The molecule has 2 rings (SSSR count). The van der Waals surface area contributed by atoms with Gasteiger partial charge in [0.1, 0.15) is 5.82 Å². The van der Waals surface area contributed by atoms with Crippen LogP contribution in [0.3, 0.4) is 0 Å². The van der Waals surface area contributed by atoms with E-state index in [-0.39, 0.29) is 11.7 Å². The minimum atomic E-state index is -0.625. The molecule has 0 radical (unpaired) electrons. The summed E-state index contributed by atoms with van der Waals surface area (Å²) < 4.78 is 12.8. The van der Waals surface area contributed by atoms with Crippen molar-refractivity contribution in [3.8, 4) is 0 Å². The van der Waals surface area contributed by atoms with Gasteiger partial charge in [0, 0.05) is 12.5 Å². The van der Waals surface area contributed by atoms with E-state index in [1.807, 2.05) is 6.92 Å². The summed E-state index contributed by atoms with van der Waals surface area (Å²) in [5.41, 5.74) is 0.555. The summed E-state index contributed by atoms with van der Waals surface area (Å²) >= 11 is 0. The average Bonchev–Trinajstić information content (AvgIpc) is 2.41. The Bertz CT molecular complexity index is 388. The molecule has 19 heavy (non-hydrogen) atoms. The Morgan fingerprint density at radius 3 is 2.68 bits per heavy atom. The van der Waals surface area contributed by atoms with Gasteiger partial charge in [-0.3, -0.25) is 4.98 Å². The van der Waals surface area contributed by atoms with Crippen molar-refractivity contribution >= 4 is 0 Å². The number of nitrogens with zero attached hydrogens (tertiary/aromatic N) is 2. The highest BCUT2D eigenvalue weighted by molar-refractivity contribution is 5.08. The fraction of sp³-hybridized carbons (Fsp3) is 0.667. The van der Waals surface area contributed by atoms with Gasteiger partial charge in [0.25, 0.3) is 0 Å². The Labute approximate surface area is 114 Å². The van der Waals surface area contributed by atoms with Crippen molar-refractivity contribution in [2.75, 3.05) is 19.6 Å². The molecule has 0 bridgehead atoms. The fourth-order valence-electron chi connectivity index (χ4n) is 2.61. The van der Waals surface area contributed by atoms with Gasteiger partial charge in [-0.15, -0.1) is 0 Å². The monoisotopic (exact) mass is 266 g/mol.